The first-order valence-corrected chi connectivity index (χ1v) is 21.9. The van der Waals surface area contributed by atoms with E-state index in [0.717, 1.165) is 105 Å². The molecule has 3 heterocycles. The van der Waals surface area contributed by atoms with Crippen LogP contribution >= 0.6 is 11.3 Å². The van der Waals surface area contributed by atoms with Gasteiger partial charge < -0.3 is 0 Å². The zero-order chi connectivity index (χ0) is 41.7. The van der Waals surface area contributed by atoms with Crippen LogP contribution in [0.3, 0.4) is 0 Å². The molecule has 5 heteroatoms. The highest BCUT2D eigenvalue weighted by molar-refractivity contribution is 7.25. The van der Waals surface area contributed by atoms with Gasteiger partial charge in [-0.2, -0.15) is 0 Å². The van der Waals surface area contributed by atoms with Gasteiger partial charge in [0.1, 0.15) is 4.83 Å². The normalized spacial score (nSPS) is 11.5. The molecule has 9 aromatic carbocycles. The van der Waals surface area contributed by atoms with Gasteiger partial charge in [0.25, 0.3) is 0 Å². The van der Waals surface area contributed by atoms with Gasteiger partial charge in [0.15, 0.2) is 11.6 Å². The molecule has 12 aromatic rings. The van der Waals surface area contributed by atoms with E-state index in [4.69, 9.17) is 19.9 Å². The lowest BCUT2D eigenvalue weighted by Crippen LogP contribution is -1.96. The van der Waals surface area contributed by atoms with Crippen molar-refractivity contribution in [3.63, 3.8) is 0 Å². The zero-order valence-corrected chi connectivity index (χ0v) is 34.8. The fourth-order valence-electron chi connectivity index (χ4n) is 8.80. The first-order valence-electron chi connectivity index (χ1n) is 21.1. The number of benzene rings is 9. The molecule has 0 radical (unpaired) electrons. The van der Waals surface area contributed by atoms with Crippen molar-refractivity contribution < 1.29 is 0 Å². The summed E-state index contributed by atoms with van der Waals surface area (Å²) < 4.78 is 1.21. The smallest absolute Gasteiger partial charge is 0.161 e. The molecule has 0 amide bonds. The van der Waals surface area contributed by atoms with Crippen LogP contribution in [0.15, 0.2) is 218 Å². The summed E-state index contributed by atoms with van der Waals surface area (Å²) >= 11 is 1.72. The average molecular weight is 821 g/mol. The predicted molar refractivity (Wildman–Crippen MR) is 264 cm³/mol. The molecule has 4 nitrogen and oxygen atoms in total. The first kappa shape index (κ1) is 36.7. The molecule has 3 aromatic heterocycles. The van der Waals surface area contributed by atoms with Crippen molar-refractivity contribution in [2.24, 2.45) is 0 Å². The Morgan fingerprint density at radius 3 is 1.33 bits per heavy atom. The van der Waals surface area contributed by atoms with Crippen LogP contribution in [0.4, 0.5) is 0 Å². The molecule has 294 valence electrons. The van der Waals surface area contributed by atoms with Crippen molar-refractivity contribution in [1.82, 2.24) is 19.9 Å². The molecule has 0 saturated carbocycles. The molecule has 0 saturated heterocycles. The summed E-state index contributed by atoms with van der Waals surface area (Å²) in [6.45, 7) is 0. The molecule has 0 bridgehead atoms. The van der Waals surface area contributed by atoms with Gasteiger partial charge in [0.2, 0.25) is 0 Å². The van der Waals surface area contributed by atoms with E-state index in [-0.39, 0.29) is 0 Å². The summed E-state index contributed by atoms with van der Waals surface area (Å²) in [4.78, 5) is 21.9. The van der Waals surface area contributed by atoms with Crippen LogP contribution in [0.2, 0.25) is 0 Å². The maximum Gasteiger partial charge on any atom is 0.161 e. The fraction of sp³-hybridized carbons (Fsp3) is 0. The third-order valence-electron chi connectivity index (χ3n) is 11.9. The summed E-state index contributed by atoms with van der Waals surface area (Å²) in [6, 6.07) is 76.9. The molecular weight excluding hydrogens is 785 g/mol. The largest absolute Gasteiger partial charge is 0.227 e. The number of rotatable bonds is 7. The quantitative estimate of drug-likeness (QED) is 0.150. The van der Waals surface area contributed by atoms with Crippen molar-refractivity contribution >= 4 is 53.3 Å². The third kappa shape index (κ3) is 6.72. The second-order valence-corrected chi connectivity index (χ2v) is 16.8. The topological polar surface area (TPSA) is 51.6 Å². The zero-order valence-electron chi connectivity index (χ0n) is 34.0. The van der Waals surface area contributed by atoms with E-state index in [2.05, 4.69) is 206 Å². The van der Waals surface area contributed by atoms with Gasteiger partial charge in [-0.25, -0.2) is 19.9 Å². The Hall–Kier alpha value is -8.12. The Labute approximate surface area is 368 Å². The van der Waals surface area contributed by atoms with E-state index < -0.39 is 0 Å². The highest BCUT2D eigenvalue weighted by atomic mass is 32.1. The van der Waals surface area contributed by atoms with Gasteiger partial charge in [0, 0.05) is 48.5 Å². The van der Waals surface area contributed by atoms with E-state index in [1.54, 1.807) is 11.3 Å². The van der Waals surface area contributed by atoms with Crippen LogP contribution in [0, 0.1) is 0 Å². The SMILES string of the molecule is c1ccc(-c2nc(-c3cccc(-c4cccc(-c5cccc(-c6cccc(-c7nc(-c8ccccc8)c8c(n7)sc7ccccc78)c6)c5)c4)c3)nc3c2ccc2ccccc23)cc1. The minimum Gasteiger partial charge on any atom is -0.227 e. The van der Waals surface area contributed by atoms with Gasteiger partial charge in [-0.3, -0.25) is 0 Å². The molecular formula is C58H36N4S. The highest BCUT2D eigenvalue weighted by Gasteiger charge is 2.18. The average Bonchev–Trinajstić information content (AvgIpc) is 3.75. The van der Waals surface area contributed by atoms with E-state index in [0.29, 0.717) is 5.82 Å². The van der Waals surface area contributed by atoms with E-state index in [1.165, 1.54) is 10.1 Å². The molecule has 0 aliphatic rings. The Kier molecular flexibility index (Phi) is 8.98. The van der Waals surface area contributed by atoms with Crippen LogP contribution in [-0.2, 0) is 0 Å². The molecule has 12 rings (SSSR count). The van der Waals surface area contributed by atoms with Gasteiger partial charge >= 0.3 is 0 Å². The molecule has 0 aliphatic heterocycles. The number of thiophene rings is 1. The van der Waals surface area contributed by atoms with Crippen LogP contribution in [0.5, 0.6) is 0 Å². The van der Waals surface area contributed by atoms with Gasteiger partial charge in [0.05, 0.1) is 16.9 Å². The highest BCUT2D eigenvalue weighted by Crippen LogP contribution is 2.40. The Bertz CT molecular complexity index is 3690. The second-order valence-electron chi connectivity index (χ2n) is 15.8. The van der Waals surface area contributed by atoms with Crippen LogP contribution in [0.1, 0.15) is 0 Å². The summed E-state index contributed by atoms with van der Waals surface area (Å²) in [7, 11) is 0. The van der Waals surface area contributed by atoms with Gasteiger partial charge in [-0.05, 0) is 75.2 Å². The van der Waals surface area contributed by atoms with Crippen LogP contribution in [-0.4, -0.2) is 19.9 Å². The lowest BCUT2D eigenvalue weighted by atomic mass is 9.95. The standard InChI is InChI=1S/C58H36N4S/c1-3-16-38(17-4-1)53-50-32-31-37-15-7-8-28-48(37)55(50)61-56(59-53)46-26-13-24-44(35-46)42-22-11-20-40(33-42)41-21-12-23-43(34-41)45-25-14-27-47(36-45)57-60-54(39-18-5-2-6-19-39)52-49-29-9-10-30-51(49)63-58(52)62-57/h1-36H. The summed E-state index contributed by atoms with van der Waals surface area (Å²) in [6.07, 6.45) is 0. The lowest BCUT2D eigenvalue weighted by Gasteiger charge is -2.13. The number of fused-ring (bicyclic) bond motifs is 6. The molecule has 0 unspecified atom stereocenters. The monoisotopic (exact) mass is 820 g/mol. The molecule has 63 heavy (non-hydrogen) atoms. The maximum atomic E-state index is 5.26. The Morgan fingerprint density at radius 1 is 0.286 bits per heavy atom. The Balaban J connectivity index is 0.897. The number of hydrogen-bond acceptors (Lipinski definition) is 5. The fourth-order valence-corrected chi connectivity index (χ4v) is 9.87. The van der Waals surface area contributed by atoms with Crippen LogP contribution < -0.4 is 0 Å². The number of aromatic nitrogens is 4. The summed E-state index contributed by atoms with van der Waals surface area (Å²) in [5.41, 5.74) is 13.7. The third-order valence-corrected chi connectivity index (χ3v) is 13.0. The molecule has 0 spiro atoms. The van der Waals surface area contributed by atoms with Gasteiger partial charge in [-0.1, -0.05) is 182 Å². The van der Waals surface area contributed by atoms with E-state index in [1.807, 2.05) is 12.1 Å². The molecule has 0 atom stereocenters. The minimum absolute atomic E-state index is 0.705. The van der Waals surface area contributed by atoms with Crippen molar-refractivity contribution in [3.05, 3.63) is 218 Å². The van der Waals surface area contributed by atoms with Crippen molar-refractivity contribution in [2.75, 3.05) is 0 Å². The molecule has 0 N–H and O–H groups in total. The first-order chi connectivity index (χ1) is 31.2. The summed E-state index contributed by atoms with van der Waals surface area (Å²) in [5, 5.41) is 5.62. The predicted octanol–water partition coefficient (Wildman–Crippen LogP) is 15.6. The van der Waals surface area contributed by atoms with Crippen molar-refractivity contribution in [2.45, 2.75) is 0 Å². The summed E-state index contributed by atoms with van der Waals surface area (Å²) in [5.74, 6) is 1.43. The molecule has 0 fully saturated rings. The van der Waals surface area contributed by atoms with Crippen molar-refractivity contribution in [3.8, 4) is 78.7 Å². The minimum atomic E-state index is 0.705. The van der Waals surface area contributed by atoms with Crippen LogP contribution in [0.25, 0.3) is 121 Å². The lowest BCUT2D eigenvalue weighted by molar-refractivity contribution is 1.23. The van der Waals surface area contributed by atoms with Gasteiger partial charge in [-0.15, -0.1) is 11.3 Å². The second kappa shape index (κ2) is 15.4. The number of hydrogen-bond donors (Lipinski definition) is 0. The maximum absolute atomic E-state index is 5.26. The van der Waals surface area contributed by atoms with E-state index in [9.17, 15) is 0 Å². The Morgan fingerprint density at radius 2 is 0.730 bits per heavy atom. The van der Waals surface area contributed by atoms with E-state index >= 15 is 0 Å². The number of nitrogens with zero attached hydrogens (tertiary/aromatic N) is 4. The van der Waals surface area contributed by atoms with Crippen molar-refractivity contribution in [1.29, 1.82) is 0 Å². The molecule has 0 aliphatic carbocycles.